The summed E-state index contributed by atoms with van der Waals surface area (Å²) in [6.45, 7) is 5.54. The highest BCUT2D eigenvalue weighted by Gasteiger charge is 2.19. The number of pyridine rings is 4. The van der Waals surface area contributed by atoms with Crippen LogP contribution in [0.4, 0.5) is 4.79 Å². The maximum atomic E-state index is 12.7. The SMILES string of the molecule is COCn1c(=O)c2cccnc2c2cc(O)ccc21.COCn1c(=O)c2cccnc2c2cc(OC(=O)OC(C)(C)C)ccc21. The predicted octanol–water partition coefficient (Wildman–Crippen LogP) is 5.33. The van der Waals surface area contributed by atoms with Gasteiger partial charge in [-0.25, -0.2) is 4.79 Å². The highest BCUT2D eigenvalue weighted by atomic mass is 16.7. The Bertz CT molecular complexity index is 2170. The molecule has 12 nitrogen and oxygen atoms in total. The Kier molecular flexibility index (Phi) is 8.80. The lowest BCUT2D eigenvalue weighted by Crippen LogP contribution is -2.26. The molecule has 0 unspecified atom stereocenters. The second kappa shape index (κ2) is 12.7. The maximum absolute atomic E-state index is 12.7. The zero-order valence-corrected chi connectivity index (χ0v) is 25.4. The molecule has 0 radical (unpaired) electrons. The van der Waals surface area contributed by atoms with Gasteiger partial charge in [-0.05, 0) is 81.4 Å². The molecule has 0 spiro atoms. The van der Waals surface area contributed by atoms with E-state index >= 15 is 0 Å². The van der Waals surface area contributed by atoms with Crippen LogP contribution >= 0.6 is 0 Å². The monoisotopic (exact) mass is 612 g/mol. The zero-order chi connectivity index (χ0) is 32.3. The Balaban J connectivity index is 0.000000186. The van der Waals surface area contributed by atoms with E-state index in [0.29, 0.717) is 44.0 Å². The molecule has 0 fully saturated rings. The fourth-order valence-electron chi connectivity index (χ4n) is 4.93. The molecule has 0 amide bonds. The second-order valence-corrected chi connectivity index (χ2v) is 11.0. The van der Waals surface area contributed by atoms with E-state index < -0.39 is 11.8 Å². The largest absolute Gasteiger partial charge is 0.514 e. The summed E-state index contributed by atoms with van der Waals surface area (Å²) >= 11 is 0. The molecule has 4 heterocycles. The number of carbonyl (C=O) groups excluding carboxylic acids is 1. The molecule has 0 aliphatic heterocycles. The molecule has 0 bridgehead atoms. The summed E-state index contributed by atoms with van der Waals surface area (Å²) in [5.41, 5.74) is 1.46. The third kappa shape index (κ3) is 6.47. The quantitative estimate of drug-likeness (QED) is 0.154. The predicted molar refractivity (Wildman–Crippen MR) is 170 cm³/mol. The third-order valence-corrected chi connectivity index (χ3v) is 6.71. The van der Waals surface area contributed by atoms with Crippen molar-refractivity contribution in [3.05, 3.63) is 93.8 Å². The van der Waals surface area contributed by atoms with E-state index in [1.54, 1.807) is 93.8 Å². The molecule has 0 aliphatic rings. The first-order valence-electron chi connectivity index (χ1n) is 13.9. The minimum Gasteiger partial charge on any atom is -0.508 e. The van der Waals surface area contributed by atoms with Crippen molar-refractivity contribution in [2.75, 3.05) is 14.2 Å². The highest BCUT2D eigenvalue weighted by Crippen LogP contribution is 2.27. The van der Waals surface area contributed by atoms with Crippen LogP contribution in [-0.2, 0) is 27.7 Å². The summed E-state index contributed by atoms with van der Waals surface area (Å²) in [5, 5.41) is 12.0. The van der Waals surface area contributed by atoms with Gasteiger partial charge in [0.15, 0.2) is 0 Å². The Hall–Kier alpha value is -5.33. The standard InChI is InChI=1S/C19H20N2O5.C14H12N2O3/c1-19(2,3)26-18(23)25-12-7-8-15-14(10-12)16-13(6-5-9-20-16)17(22)21(15)11-24-4;1-19-8-16-12-5-4-9(17)7-11(12)13-10(14(16)18)3-2-6-15-13/h5-10H,11H2,1-4H3;2-7,17H,8H2,1H3. The van der Waals surface area contributed by atoms with Gasteiger partial charge in [-0.3, -0.25) is 28.7 Å². The lowest BCUT2D eigenvalue weighted by Gasteiger charge is -2.19. The second-order valence-electron chi connectivity index (χ2n) is 11.0. The van der Waals surface area contributed by atoms with Gasteiger partial charge in [0.25, 0.3) is 11.1 Å². The van der Waals surface area contributed by atoms with Crippen molar-refractivity contribution in [3.63, 3.8) is 0 Å². The van der Waals surface area contributed by atoms with E-state index in [1.165, 1.54) is 23.4 Å². The smallest absolute Gasteiger partial charge is 0.508 e. The van der Waals surface area contributed by atoms with Crippen LogP contribution in [0.3, 0.4) is 0 Å². The number of nitrogens with zero attached hydrogens (tertiary/aromatic N) is 4. The molecule has 0 aliphatic carbocycles. The first-order chi connectivity index (χ1) is 21.5. The average Bonchev–Trinajstić information content (AvgIpc) is 3.01. The van der Waals surface area contributed by atoms with Crippen molar-refractivity contribution in [2.45, 2.75) is 39.8 Å². The number of hydrogen-bond donors (Lipinski definition) is 1. The Morgan fingerprint density at radius 2 is 1.27 bits per heavy atom. The summed E-state index contributed by atoms with van der Waals surface area (Å²) in [7, 11) is 3.05. The Morgan fingerprint density at radius 1 is 0.756 bits per heavy atom. The number of methoxy groups -OCH3 is 2. The van der Waals surface area contributed by atoms with Gasteiger partial charge in [0.1, 0.15) is 30.6 Å². The Morgan fingerprint density at radius 3 is 1.78 bits per heavy atom. The molecule has 0 atom stereocenters. The Labute approximate surface area is 257 Å². The molecule has 0 saturated heterocycles. The van der Waals surface area contributed by atoms with Crippen LogP contribution in [0.5, 0.6) is 11.5 Å². The van der Waals surface area contributed by atoms with Crippen molar-refractivity contribution < 1.29 is 28.8 Å². The van der Waals surface area contributed by atoms with Crippen LogP contribution in [-0.4, -0.2) is 50.2 Å². The summed E-state index contributed by atoms with van der Waals surface area (Å²) in [6.07, 6.45) is 2.45. The van der Waals surface area contributed by atoms with Gasteiger partial charge in [-0.1, -0.05) is 0 Å². The van der Waals surface area contributed by atoms with Crippen LogP contribution in [0, 0.1) is 0 Å². The molecule has 2 aromatic carbocycles. The lowest BCUT2D eigenvalue weighted by atomic mass is 10.1. The first kappa shape index (κ1) is 31.1. The number of aromatic hydroxyl groups is 1. The summed E-state index contributed by atoms with van der Waals surface area (Å²) in [6, 6.07) is 16.7. The fraction of sp³-hybridized carbons (Fsp3) is 0.242. The van der Waals surface area contributed by atoms with Crippen molar-refractivity contribution >= 4 is 49.8 Å². The van der Waals surface area contributed by atoms with E-state index in [4.69, 9.17) is 18.9 Å². The maximum Gasteiger partial charge on any atom is 0.514 e. The van der Waals surface area contributed by atoms with Gasteiger partial charge in [-0.2, -0.15) is 0 Å². The number of fused-ring (bicyclic) bond motifs is 6. The topological polar surface area (TPSA) is 144 Å². The van der Waals surface area contributed by atoms with E-state index in [1.807, 2.05) is 0 Å². The molecule has 1 N–H and O–H groups in total. The molecule has 45 heavy (non-hydrogen) atoms. The average molecular weight is 613 g/mol. The fourth-order valence-corrected chi connectivity index (χ4v) is 4.93. The van der Waals surface area contributed by atoms with Gasteiger partial charge in [-0.15, -0.1) is 0 Å². The minimum atomic E-state index is -0.792. The molecule has 4 aromatic heterocycles. The normalized spacial score (nSPS) is 11.5. The first-order valence-corrected chi connectivity index (χ1v) is 13.9. The van der Waals surface area contributed by atoms with Crippen molar-refractivity contribution in [1.29, 1.82) is 0 Å². The minimum absolute atomic E-state index is 0.104. The van der Waals surface area contributed by atoms with Crippen molar-refractivity contribution in [1.82, 2.24) is 19.1 Å². The number of phenols is 1. The molecule has 12 heteroatoms. The highest BCUT2D eigenvalue weighted by molar-refractivity contribution is 6.04. The van der Waals surface area contributed by atoms with Crippen LogP contribution in [0.15, 0.2) is 82.6 Å². The molecular weight excluding hydrogens is 580 g/mol. The van der Waals surface area contributed by atoms with Crippen LogP contribution in [0.1, 0.15) is 20.8 Å². The van der Waals surface area contributed by atoms with Gasteiger partial charge in [0, 0.05) is 37.4 Å². The zero-order valence-electron chi connectivity index (χ0n) is 25.4. The number of aromatic nitrogens is 4. The molecular formula is C33H32N4O8. The number of phenolic OH excluding ortho intramolecular Hbond substituents is 1. The van der Waals surface area contributed by atoms with Crippen molar-refractivity contribution in [2.24, 2.45) is 0 Å². The van der Waals surface area contributed by atoms with Gasteiger partial charge in [0.05, 0.1) is 32.8 Å². The van der Waals surface area contributed by atoms with Gasteiger partial charge >= 0.3 is 6.16 Å². The molecule has 232 valence electrons. The summed E-state index contributed by atoms with van der Waals surface area (Å²) in [5.74, 6) is 0.448. The van der Waals surface area contributed by atoms with Crippen molar-refractivity contribution in [3.8, 4) is 11.5 Å². The van der Waals surface area contributed by atoms with E-state index in [2.05, 4.69) is 9.97 Å². The molecule has 6 aromatic rings. The van der Waals surface area contributed by atoms with Gasteiger partial charge in [0.2, 0.25) is 0 Å². The number of rotatable bonds is 5. The number of ether oxygens (including phenoxy) is 4. The molecule has 0 saturated carbocycles. The summed E-state index contributed by atoms with van der Waals surface area (Å²) < 4.78 is 23.7. The third-order valence-electron chi connectivity index (χ3n) is 6.71. The number of hydrogen-bond acceptors (Lipinski definition) is 10. The van der Waals surface area contributed by atoms with Gasteiger partial charge < -0.3 is 24.1 Å². The van der Waals surface area contributed by atoms with E-state index in [0.717, 1.165) is 5.39 Å². The van der Waals surface area contributed by atoms with E-state index in [9.17, 15) is 19.5 Å². The summed E-state index contributed by atoms with van der Waals surface area (Å²) in [4.78, 5) is 45.6. The van der Waals surface area contributed by atoms with E-state index in [-0.39, 0.29) is 30.3 Å². The lowest BCUT2D eigenvalue weighted by molar-refractivity contribution is 0.0206. The van der Waals surface area contributed by atoms with Crippen LogP contribution < -0.4 is 15.9 Å². The number of carbonyl (C=O) groups is 1. The van der Waals surface area contributed by atoms with Crippen LogP contribution in [0.25, 0.3) is 43.6 Å². The number of benzene rings is 2. The van der Waals surface area contributed by atoms with Crippen LogP contribution in [0.2, 0.25) is 0 Å². The molecule has 6 rings (SSSR count).